The van der Waals surface area contributed by atoms with E-state index in [1.807, 2.05) is 6.07 Å². The summed E-state index contributed by atoms with van der Waals surface area (Å²) < 4.78 is 10.2. The topological polar surface area (TPSA) is 72.2 Å². The highest BCUT2D eigenvalue weighted by atomic mass is 35.5. The molecule has 0 atom stereocenters. The second kappa shape index (κ2) is 6.73. The maximum absolute atomic E-state index is 11.7. The molecule has 0 amide bonds. The van der Waals surface area contributed by atoms with Crippen molar-refractivity contribution >= 4 is 17.6 Å². The van der Waals surface area contributed by atoms with Gasteiger partial charge in [0, 0.05) is 11.6 Å². The van der Waals surface area contributed by atoms with Crippen LogP contribution in [0.3, 0.4) is 0 Å². The van der Waals surface area contributed by atoms with Gasteiger partial charge in [0.1, 0.15) is 11.8 Å². The molecule has 0 saturated carbocycles. The lowest BCUT2D eigenvalue weighted by Gasteiger charge is -2.09. The smallest absolute Gasteiger partial charge is 0.338 e. The van der Waals surface area contributed by atoms with Crippen LogP contribution >= 0.6 is 11.6 Å². The molecule has 6 heteroatoms. The highest BCUT2D eigenvalue weighted by molar-refractivity contribution is 6.29. The van der Waals surface area contributed by atoms with Gasteiger partial charge in [-0.3, -0.25) is 0 Å². The van der Waals surface area contributed by atoms with E-state index in [0.717, 1.165) is 0 Å². The van der Waals surface area contributed by atoms with Crippen LogP contribution in [0, 0.1) is 11.3 Å². The summed E-state index contributed by atoms with van der Waals surface area (Å²) in [5.74, 6) is -0.174. The van der Waals surface area contributed by atoms with Crippen molar-refractivity contribution in [2.75, 3.05) is 7.11 Å². The summed E-state index contributed by atoms with van der Waals surface area (Å²) in [6.45, 7) is 0.115. The summed E-state index contributed by atoms with van der Waals surface area (Å²) in [6.07, 6.45) is 0. The molecule has 21 heavy (non-hydrogen) atoms. The number of methoxy groups -OCH3 is 1. The average Bonchev–Trinajstić information content (AvgIpc) is 2.52. The molecular weight excluding hydrogens is 292 g/mol. The fourth-order valence-electron chi connectivity index (χ4n) is 1.69. The standard InChI is InChI=1S/C15H11ClN2O3/c1-20-15(19)12-7-10(8-17)5-6-11(12)9-21-14-4-2-3-13(16)18-14/h2-7H,9H2,1H3. The van der Waals surface area contributed by atoms with Gasteiger partial charge < -0.3 is 9.47 Å². The van der Waals surface area contributed by atoms with E-state index >= 15 is 0 Å². The second-order valence-corrected chi connectivity index (χ2v) is 4.45. The van der Waals surface area contributed by atoms with Crippen molar-refractivity contribution in [1.29, 1.82) is 5.26 Å². The van der Waals surface area contributed by atoms with Crippen LogP contribution in [0.15, 0.2) is 36.4 Å². The Morgan fingerprint density at radius 3 is 2.86 bits per heavy atom. The zero-order chi connectivity index (χ0) is 15.2. The number of nitrogens with zero attached hydrogens (tertiary/aromatic N) is 2. The van der Waals surface area contributed by atoms with Crippen LogP contribution < -0.4 is 4.74 Å². The van der Waals surface area contributed by atoms with Gasteiger partial charge in [-0.25, -0.2) is 9.78 Å². The van der Waals surface area contributed by atoms with Crippen LogP contribution in [-0.2, 0) is 11.3 Å². The Morgan fingerprint density at radius 1 is 1.38 bits per heavy atom. The van der Waals surface area contributed by atoms with Gasteiger partial charge in [0.2, 0.25) is 5.88 Å². The van der Waals surface area contributed by atoms with E-state index in [4.69, 9.17) is 26.3 Å². The van der Waals surface area contributed by atoms with E-state index in [2.05, 4.69) is 4.98 Å². The molecule has 0 aliphatic carbocycles. The number of aromatic nitrogens is 1. The first kappa shape index (κ1) is 14.8. The van der Waals surface area contributed by atoms with Crippen molar-refractivity contribution < 1.29 is 14.3 Å². The summed E-state index contributed by atoms with van der Waals surface area (Å²) in [4.78, 5) is 15.7. The first-order valence-corrected chi connectivity index (χ1v) is 6.38. The molecule has 0 unspecified atom stereocenters. The van der Waals surface area contributed by atoms with Crippen LogP contribution in [0.1, 0.15) is 21.5 Å². The molecule has 0 radical (unpaired) electrons. The molecule has 1 aromatic carbocycles. The number of ether oxygens (including phenoxy) is 2. The van der Waals surface area contributed by atoms with E-state index < -0.39 is 5.97 Å². The fraction of sp³-hybridized carbons (Fsp3) is 0.133. The predicted octanol–water partition coefficient (Wildman–Crippen LogP) is 2.97. The van der Waals surface area contributed by atoms with Gasteiger partial charge in [0.25, 0.3) is 0 Å². The van der Waals surface area contributed by atoms with Gasteiger partial charge in [0.05, 0.1) is 24.3 Å². The maximum atomic E-state index is 11.7. The van der Waals surface area contributed by atoms with Crippen molar-refractivity contribution in [2.24, 2.45) is 0 Å². The first-order chi connectivity index (χ1) is 10.1. The molecule has 2 rings (SSSR count). The molecule has 0 aliphatic heterocycles. The largest absolute Gasteiger partial charge is 0.473 e. The Bertz CT molecular complexity index is 710. The molecule has 106 valence electrons. The number of carbonyl (C=O) groups is 1. The number of hydrogen-bond acceptors (Lipinski definition) is 5. The lowest BCUT2D eigenvalue weighted by molar-refractivity contribution is 0.0597. The fourth-order valence-corrected chi connectivity index (χ4v) is 1.85. The SMILES string of the molecule is COC(=O)c1cc(C#N)ccc1COc1cccc(Cl)n1. The Balaban J connectivity index is 2.23. The lowest BCUT2D eigenvalue weighted by atomic mass is 10.0. The summed E-state index contributed by atoms with van der Waals surface area (Å²) in [6, 6.07) is 11.7. The van der Waals surface area contributed by atoms with Crippen LogP contribution in [0.2, 0.25) is 5.15 Å². The zero-order valence-corrected chi connectivity index (χ0v) is 11.9. The molecular formula is C15H11ClN2O3. The number of pyridine rings is 1. The molecule has 2 aromatic rings. The summed E-state index contributed by atoms with van der Waals surface area (Å²) in [7, 11) is 1.28. The number of carbonyl (C=O) groups excluding carboxylic acids is 1. The molecule has 0 saturated heterocycles. The number of rotatable bonds is 4. The minimum absolute atomic E-state index is 0.115. The molecule has 0 aliphatic rings. The minimum Gasteiger partial charge on any atom is -0.473 e. The van der Waals surface area contributed by atoms with E-state index in [1.165, 1.54) is 13.2 Å². The van der Waals surface area contributed by atoms with Gasteiger partial charge in [-0.15, -0.1) is 0 Å². The molecule has 0 bridgehead atoms. The van der Waals surface area contributed by atoms with Crippen LogP contribution in [0.5, 0.6) is 5.88 Å². The lowest BCUT2D eigenvalue weighted by Crippen LogP contribution is -2.09. The summed E-state index contributed by atoms with van der Waals surface area (Å²) >= 11 is 5.77. The Labute approximate surface area is 126 Å². The van der Waals surface area contributed by atoms with Crippen molar-refractivity contribution in [3.8, 4) is 11.9 Å². The average molecular weight is 303 g/mol. The number of benzene rings is 1. The summed E-state index contributed by atoms with van der Waals surface area (Å²) in [5.41, 5.74) is 1.27. The molecule has 0 fully saturated rings. The molecule has 0 N–H and O–H groups in total. The Hall–Kier alpha value is -2.58. The van der Waals surface area contributed by atoms with Crippen molar-refractivity contribution in [2.45, 2.75) is 6.61 Å². The third-order valence-corrected chi connectivity index (χ3v) is 2.92. The quantitative estimate of drug-likeness (QED) is 0.641. The first-order valence-electron chi connectivity index (χ1n) is 6.00. The van der Waals surface area contributed by atoms with Gasteiger partial charge in [-0.1, -0.05) is 23.7 Å². The highest BCUT2D eigenvalue weighted by Crippen LogP contribution is 2.17. The van der Waals surface area contributed by atoms with Crippen molar-refractivity contribution in [3.63, 3.8) is 0 Å². The van der Waals surface area contributed by atoms with Gasteiger partial charge >= 0.3 is 5.97 Å². The zero-order valence-electron chi connectivity index (χ0n) is 11.2. The maximum Gasteiger partial charge on any atom is 0.338 e. The third-order valence-electron chi connectivity index (χ3n) is 2.71. The van der Waals surface area contributed by atoms with Crippen LogP contribution in [-0.4, -0.2) is 18.1 Å². The third kappa shape index (κ3) is 3.71. The van der Waals surface area contributed by atoms with Crippen molar-refractivity contribution in [3.05, 3.63) is 58.2 Å². The van der Waals surface area contributed by atoms with Crippen LogP contribution in [0.25, 0.3) is 0 Å². The predicted molar refractivity (Wildman–Crippen MR) is 76.1 cm³/mol. The monoisotopic (exact) mass is 302 g/mol. The van der Waals surface area contributed by atoms with Crippen molar-refractivity contribution in [1.82, 2.24) is 4.98 Å². The molecule has 1 heterocycles. The molecule has 1 aromatic heterocycles. The van der Waals surface area contributed by atoms with E-state index in [9.17, 15) is 4.79 Å². The normalized spacial score (nSPS) is 9.76. The second-order valence-electron chi connectivity index (χ2n) is 4.06. The van der Waals surface area contributed by atoms with E-state index in [-0.39, 0.29) is 6.61 Å². The van der Waals surface area contributed by atoms with Crippen LogP contribution in [0.4, 0.5) is 0 Å². The highest BCUT2D eigenvalue weighted by Gasteiger charge is 2.13. The summed E-state index contributed by atoms with van der Waals surface area (Å²) in [5, 5.41) is 9.21. The number of nitriles is 1. The Morgan fingerprint density at radius 2 is 2.19 bits per heavy atom. The van der Waals surface area contributed by atoms with E-state index in [1.54, 1.807) is 30.3 Å². The number of esters is 1. The van der Waals surface area contributed by atoms with Gasteiger partial charge in [0.15, 0.2) is 0 Å². The molecule has 0 spiro atoms. The number of halogens is 1. The van der Waals surface area contributed by atoms with Gasteiger partial charge in [-0.05, 0) is 18.2 Å². The van der Waals surface area contributed by atoms with E-state index in [0.29, 0.717) is 27.7 Å². The Kier molecular flexibility index (Phi) is 4.75. The van der Waals surface area contributed by atoms with Gasteiger partial charge in [-0.2, -0.15) is 5.26 Å². The molecule has 5 nitrogen and oxygen atoms in total. The minimum atomic E-state index is -0.523. The number of hydrogen-bond donors (Lipinski definition) is 0.